The number of aromatic nitrogens is 3. The van der Waals surface area contributed by atoms with Crippen molar-refractivity contribution in [2.45, 2.75) is 25.4 Å². The summed E-state index contributed by atoms with van der Waals surface area (Å²) >= 11 is 0. The molecule has 0 spiro atoms. The molecule has 2 heterocycles. The molecule has 3 rings (SSSR count). The lowest BCUT2D eigenvalue weighted by Gasteiger charge is -2.31. The van der Waals surface area contributed by atoms with Gasteiger partial charge in [0, 0.05) is 25.8 Å². The first kappa shape index (κ1) is 13.7. The van der Waals surface area contributed by atoms with Crippen LogP contribution in [-0.4, -0.2) is 33.0 Å². The summed E-state index contributed by atoms with van der Waals surface area (Å²) in [5.74, 6) is -0.453. The van der Waals surface area contributed by atoms with E-state index in [1.807, 2.05) is 16.9 Å². The quantitative estimate of drug-likeness (QED) is 0.867. The lowest BCUT2D eigenvalue weighted by atomic mass is 10.0. The van der Waals surface area contributed by atoms with Gasteiger partial charge in [0.15, 0.2) is 0 Å². The molecule has 1 aromatic heterocycles. The van der Waals surface area contributed by atoms with Crippen molar-refractivity contribution in [3.8, 4) is 6.07 Å². The minimum atomic E-state index is -0.453. The molecule has 2 aromatic rings. The Bertz CT molecular complexity index is 639. The van der Waals surface area contributed by atoms with Crippen molar-refractivity contribution in [1.82, 2.24) is 19.9 Å². The summed E-state index contributed by atoms with van der Waals surface area (Å²) in [7, 11) is 0. The largest absolute Gasteiger partial charge is 0.299 e. The molecule has 0 N–H and O–H groups in total. The van der Waals surface area contributed by atoms with Gasteiger partial charge in [0.1, 0.15) is 11.9 Å². The molecular formula is C15H16FN5. The summed E-state index contributed by atoms with van der Waals surface area (Å²) in [4.78, 5) is 2.32. The average Bonchev–Trinajstić information content (AvgIpc) is 3.04. The molecule has 1 saturated heterocycles. The minimum Gasteiger partial charge on any atom is -0.299 e. The highest BCUT2D eigenvalue weighted by Gasteiger charge is 2.21. The van der Waals surface area contributed by atoms with E-state index in [1.54, 1.807) is 18.3 Å². The Morgan fingerprint density at radius 1 is 1.33 bits per heavy atom. The molecule has 1 aliphatic heterocycles. The van der Waals surface area contributed by atoms with Gasteiger partial charge in [-0.2, -0.15) is 5.26 Å². The molecule has 0 unspecified atom stereocenters. The van der Waals surface area contributed by atoms with Crippen LogP contribution in [-0.2, 0) is 6.54 Å². The molecule has 21 heavy (non-hydrogen) atoms. The predicted molar refractivity (Wildman–Crippen MR) is 74.7 cm³/mol. The third kappa shape index (κ3) is 3.09. The zero-order valence-corrected chi connectivity index (χ0v) is 11.6. The second-order valence-electron chi connectivity index (χ2n) is 5.32. The van der Waals surface area contributed by atoms with Gasteiger partial charge >= 0.3 is 0 Å². The number of hydrogen-bond acceptors (Lipinski definition) is 4. The summed E-state index contributed by atoms with van der Waals surface area (Å²) in [6.07, 6.45) is 5.65. The van der Waals surface area contributed by atoms with E-state index in [2.05, 4.69) is 15.2 Å². The van der Waals surface area contributed by atoms with Crippen LogP contribution in [0.1, 0.15) is 30.0 Å². The first-order valence-electron chi connectivity index (χ1n) is 7.03. The van der Waals surface area contributed by atoms with Crippen molar-refractivity contribution in [3.63, 3.8) is 0 Å². The van der Waals surface area contributed by atoms with Crippen molar-refractivity contribution in [2.75, 3.05) is 13.1 Å². The van der Waals surface area contributed by atoms with E-state index in [9.17, 15) is 4.39 Å². The standard InChI is InChI=1S/C15H16FN5/c16-15-2-1-12(9-13(15)10-17)11-20-6-3-14(4-7-20)21-8-5-18-19-21/h1-2,5,8-9,14H,3-4,6-7,11H2. The van der Waals surface area contributed by atoms with E-state index in [0.717, 1.165) is 38.0 Å². The van der Waals surface area contributed by atoms with E-state index in [1.165, 1.54) is 6.07 Å². The molecule has 0 bridgehead atoms. The Labute approximate surface area is 122 Å². The highest BCUT2D eigenvalue weighted by Crippen LogP contribution is 2.22. The molecule has 0 amide bonds. The van der Waals surface area contributed by atoms with Gasteiger partial charge in [-0.1, -0.05) is 11.3 Å². The third-order valence-electron chi connectivity index (χ3n) is 3.93. The molecule has 0 aliphatic carbocycles. The summed E-state index contributed by atoms with van der Waals surface area (Å²) < 4.78 is 15.2. The zero-order valence-electron chi connectivity index (χ0n) is 11.6. The number of benzene rings is 1. The number of nitriles is 1. The van der Waals surface area contributed by atoms with Crippen molar-refractivity contribution >= 4 is 0 Å². The summed E-state index contributed by atoms with van der Waals surface area (Å²) in [5, 5.41) is 16.8. The molecule has 6 heteroatoms. The fourth-order valence-electron chi connectivity index (χ4n) is 2.77. The lowest BCUT2D eigenvalue weighted by Crippen LogP contribution is -2.34. The van der Waals surface area contributed by atoms with Crippen LogP contribution < -0.4 is 0 Å². The Morgan fingerprint density at radius 3 is 2.81 bits per heavy atom. The van der Waals surface area contributed by atoms with Crippen LogP contribution in [0.5, 0.6) is 0 Å². The van der Waals surface area contributed by atoms with Crippen LogP contribution >= 0.6 is 0 Å². The predicted octanol–water partition coefficient (Wildman–Crippen LogP) is 2.13. The van der Waals surface area contributed by atoms with Crippen molar-refractivity contribution in [2.24, 2.45) is 0 Å². The van der Waals surface area contributed by atoms with Gasteiger partial charge < -0.3 is 0 Å². The van der Waals surface area contributed by atoms with Crippen LogP contribution in [0.4, 0.5) is 4.39 Å². The van der Waals surface area contributed by atoms with Gasteiger partial charge in [-0.05, 0) is 30.5 Å². The number of piperidine rings is 1. The number of hydrogen-bond donors (Lipinski definition) is 0. The molecule has 5 nitrogen and oxygen atoms in total. The van der Waals surface area contributed by atoms with Crippen LogP contribution in [0.15, 0.2) is 30.6 Å². The third-order valence-corrected chi connectivity index (χ3v) is 3.93. The van der Waals surface area contributed by atoms with Gasteiger partial charge in [-0.15, -0.1) is 5.10 Å². The van der Waals surface area contributed by atoms with Gasteiger partial charge in [-0.3, -0.25) is 4.90 Å². The number of rotatable bonds is 3. The molecule has 0 saturated carbocycles. The fourth-order valence-corrected chi connectivity index (χ4v) is 2.77. The summed E-state index contributed by atoms with van der Waals surface area (Å²) in [6.45, 7) is 2.67. The Kier molecular flexibility index (Phi) is 3.93. The molecule has 1 aromatic carbocycles. The maximum atomic E-state index is 13.3. The topological polar surface area (TPSA) is 57.7 Å². The molecular weight excluding hydrogens is 269 g/mol. The zero-order chi connectivity index (χ0) is 14.7. The van der Waals surface area contributed by atoms with E-state index < -0.39 is 5.82 Å². The minimum absolute atomic E-state index is 0.116. The van der Waals surface area contributed by atoms with Gasteiger partial charge in [0.25, 0.3) is 0 Å². The monoisotopic (exact) mass is 285 g/mol. The summed E-state index contributed by atoms with van der Waals surface area (Å²) in [5.41, 5.74) is 1.09. The van der Waals surface area contributed by atoms with Crippen LogP contribution in [0.2, 0.25) is 0 Å². The highest BCUT2D eigenvalue weighted by atomic mass is 19.1. The fraction of sp³-hybridized carbons (Fsp3) is 0.400. The molecule has 0 radical (unpaired) electrons. The Balaban J connectivity index is 1.59. The molecule has 0 atom stereocenters. The Hall–Kier alpha value is -2.26. The van der Waals surface area contributed by atoms with E-state index in [0.29, 0.717) is 6.04 Å². The van der Waals surface area contributed by atoms with Crippen molar-refractivity contribution < 1.29 is 4.39 Å². The smallest absolute Gasteiger partial charge is 0.140 e. The number of likely N-dealkylation sites (tertiary alicyclic amines) is 1. The Morgan fingerprint density at radius 2 is 2.14 bits per heavy atom. The van der Waals surface area contributed by atoms with Crippen LogP contribution in [0.25, 0.3) is 0 Å². The first-order chi connectivity index (χ1) is 10.3. The normalized spacial score (nSPS) is 16.8. The maximum Gasteiger partial charge on any atom is 0.140 e. The summed E-state index contributed by atoms with van der Waals surface area (Å²) in [6, 6.07) is 7.05. The second-order valence-corrected chi connectivity index (χ2v) is 5.32. The highest BCUT2D eigenvalue weighted by molar-refractivity contribution is 5.34. The lowest BCUT2D eigenvalue weighted by molar-refractivity contribution is 0.172. The number of nitrogens with zero attached hydrogens (tertiary/aromatic N) is 5. The molecule has 1 fully saturated rings. The van der Waals surface area contributed by atoms with Crippen molar-refractivity contribution in [3.05, 3.63) is 47.5 Å². The van der Waals surface area contributed by atoms with Crippen LogP contribution in [0, 0.1) is 17.1 Å². The first-order valence-corrected chi connectivity index (χ1v) is 7.03. The maximum absolute atomic E-state index is 13.3. The van der Waals surface area contributed by atoms with Crippen molar-refractivity contribution in [1.29, 1.82) is 5.26 Å². The van der Waals surface area contributed by atoms with Gasteiger partial charge in [0.05, 0.1) is 17.8 Å². The van der Waals surface area contributed by atoms with Crippen LogP contribution in [0.3, 0.4) is 0 Å². The van der Waals surface area contributed by atoms with E-state index in [4.69, 9.17) is 5.26 Å². The average molecular weight is 285 g/mol. The van der Waals surface area contributed by atoms with Gasteiger partial charge in [0.2, 0.25) is 0 Å². The van der Waals surface area contributed by atoms with Gasteiger partial charge in [-0.25, -0.2) is 9.07 Å². The van der Waals surface area contributed by atoms with E-state index in [-0.39, 0.29) is 5.56 Å². The number of halogens is 1. The van der Waals surface area contributed by atoms with E-state index >= 15 is 0 Å². The second kappa shape index (κ2) is 6.02. The molecule has 108 valence electrons. The molecule has 1 aliphatic rings. The SMILES string of the molecule is N#Cc1cc(CN2CCC(n3ccnn3)CC2)ccc1F.